The van der Waals surface area contributed by atoms with Crippen molar-refractivity contribution < 1.29 is 9.18 Å². The maximum atomic E-state index is 13.1. The Hall–Kier alpha value is -2.97. The molecule has 1 amide bonds. The third-order valence-corrected chi connectivity index (χ3v) is 5.15. The third-order valence-electron chi connectivity index (χ3n) is 4.20. The molecule has 0 bridgehead atoms. The molecular formula is C20H14BrClFN5O. The summed E-state index contributed by atoms with van der Waals surface area (Å²) in [5.74, 6) is -0.353. The highest BCUT2D eigenvalue weighted by molar-refractivity contribution is 9.10. The van der Waals surface area contributed by atoms with Gasteiger partial charge >= 0.3 is 0 Å². The van der Waals surface area contributed by atoms with Gasteiger partial charge in [-0.3, -0.25) is 14.6 Å². The second-order valence-electron chi connectivity index (χ2n) is 6.24. The van der Waals surface area contributed by atoms with Crippen LogP contribution in [-0.2, 0) is 6.54 Å². The molecule has 0 fully saturated rings. The van der Waals surface area contributed by atoms with Crippen LogP contribution in [0.15, 0.2) is 65.3 Å². The Labute approximate surface area is 178 Å². The van der Waals surface area contributed by atoms with Crippen LogP contribution < -0.4 is 5.32 Å². The molecule has 6 nitrogen and oxygen atoms in total. The number of carbonyl (C=O) groups excluding carboxylic acids is 1. The standard InChI is InChI=1S/C20H14BrClFN5O/c21-15-11-28(10-13-3-1-2-4-16(13)22)27-19(15)24-20(29)18-9-17(25-26-18)12-5-7-14(23)8-6-12/h1-9,11H,10H2,(H,25,26)(H,24,27,29). The predicted octanol–water partition coefficient (Wildman–Crippen LogP) is 5.13. The van der Waals surface area contributed by atoms with E-state index < -0.39 is 5.91 Å². The summed E-state index contributed by atoms with van der Waals surface area (Å²) in [5, 5.41) is 14.6. The van der Waals surface area contributed by atoms with Gasteiger partial charge in [-0.2, -0.15) is 10.2 Å². The number of amides is 1. The summed E-state index contributed by atoms with van der Waals surface area (Å²) in [6.07, 6.45) is 1.76. The molecule has 0 saturated heterocycles. The Balaban J connectivity index is 1.48. The average Bonchev–Trinajstić information content (AvgIpc) is 3.32. The van der Waals surface area contributed by atoms with Crippen LogP contribution in [0, 0.1) is 5.82 Å². The zero-order valence-corrected chi connectivity index (χ0v) is 17.2. The van der Waals surface area contributed by atoms with Crippen molar-refractivity contribution in [1.82, 2.24) is 20.0 Å². The molecule has 146 valence electrons. The smallest absolute Gasteiger partial charge is 0.274 e. The molecule has 2 N–H and O–H groups in total. The molecule has 0 atom stereocenters. The highest BCUT2D eigenvalue weighted by Crippen LogP contribution is 2.24. The number of nitrogens with zero attached hydrogens (tertiary/aromatic N) is 3. The van der Waals surface area contributed by atoms with Gasteiger partial charge in [0.25, 0.3) is 5.91 Å². The monoisotopic (exact) mass is 473 g/mol. The van der Waals surface area contributed by atoms with Crippen LogP contribution in [0.3, 0.4) is 0 Å². The zero-order valence-electron chi connectivity index (χ0n) is 14.9. The van der Waals surface area contributed by atoms with Gasteiger partial charge in [0.15, 0.2) is 5.82 Å². The van der Waals surface area contributed by atoms with Gasteiger partial charge in [-0.25, -0.2) is 4.39 Å². The fraction of sp³-hybridized carbons (Fsp3) is 0.0500. The first-order valence-electron chi connectivity index (χ1n) is 8.58. The lowest BCUT2D eigenvalue weighted by molar-refractivity contribution is 0.102. The highest BCUT2D eigenvalue weighted by atomic mass is 79.9. The van der Waals surface area contributed by atoms with E-state index in [-0.39, 0.29) is 11.5 Å². The topological polar surface area (TPSA) is 75.6 Å². The van der Waals surface area contributed by atoms with E-state index in [0.29, 0.717) is 33.1 Å². The van der Waals surface area contributed by atoms with Crippen LogP contribution in [0.2, 0.25) is 5.02 Å². The summed E-state index contributed by atoms with van der Waals surface area (Å²) >= 11 is 9.60. The van der Waals surface area contributed by atoms with E-state index in [1.165, 1.54) is 12.1 Å². The molecule has 9 heteroatoms. The van der Waals surface area contributed by atoms with E-state index in [0.717, 1.165) is 5.56 Å². The van der Waals surface area contributed by atoms with Crippen molar-refractivity contribution in [3.8, 4) is 11.3 Å². The Kier molecular flexibility index (Phi) is 5.46. The van der Waals surface area contributed by atoms with Crippen molar-refractivity contribution in [2.45, 2.75) is 6.54 Å². The van der Waals surface area contributed by atoms with Crippen LogP contribution in [0.5, 0.6) is 0 Å². The normalized spacial score (nSPS) is 10.9. The van der Waals surface area contributed by atoms with E-state index >= 15 is 0 Å². The van der Waals surface area contributed by atoms with Gasteiger partial charge in [0.05, 0.1) is 16.7 Å². The number of benzene rings is 2. The number of nitrogens with one attached hydrogen (secondary N) is 2. The van der Waals surface area contributed by atoms with Crippen molar-refractivity contribution >= 4 is 39.3 Å². The maximum absolute atomic E-state index is 13.1. The first-order chi connectivity index (χ1) is 14.0. The van der Waals surface area contributed by atoms with Gasteiger partial charge in [-0.1, -0.05) is 29.8 Å². The quantitative estimate of drug-likeness (QED) is 0.421. The molecule has 0 radical (unpaired) electrons. The van der Waals surface area contributed by atoms with Crippen molar-refractivity contribution in [3.63, 3.8) is 0 Å². The Morgan fingerprint density at radius 3 is 2.72 bits per heavy atom. The molecule has 0 unspecified atom stereocenters. The number of halogens is 3. The van der Waals surface area contributed by atoms with Crippen molar-refractivity contribution in [2.75, 3.05) is 5.32 Å². The minimum absolute atomic E-state index is 0.261. The molecule has 4 rings (SSSR count). The first-order valence-corrected chi connectivity index (χ1v) is 9.76. The molecule has 0 aliphatic rings. The minimum atomic E-state index is -0.394. The number of H-pyrrole nitrogens is 1. The number of hydrogen-bond acceptors (Lipinski definition) is 3. The van der Waals surface area contributed by atoms with E-state index in [1.54, 1.807) is 29.1 Å². The van der Waals surface area contributed by atoms with Crippen molar-refractivity contribution in [2.24, 2.45) is 0 Å². The Morgan fingerprint density at radius 1 is 1.21 bits per heavy atom. The molecule has 29 heavy (non-hydrogen) atoms. The van der Waals surface area contributed by atoms with E-state index in [1.807, 2.05) is 24.3 Å². The Morgan fingerprint density at radius 2 is 1.97 bits per heavy atom. The van der Waals surface area contributed by atoms with Gasteiger partial charge in [-0.05, 0) is 57.9 Å². The summed E-state index contributed by atoms with van der Waals surface area (Å²) in [6, 6.07) is 15.0. The number of aromatic nitrogens is 4. The summed E-state index contributed by atoms with van der Waals surface area (Å²) in [4.78, 5) is 12.6. The summed E-state index contributed by atoms with van der Waals surface area (Å²) in [7, 11) is 0. The summed E-state index contributed by atoms with van der Waals surface area (Å²) < 4.78 is 15.4. The van der Waals surface area contributed by atoms with E-state index in [4.69, 9.17) is 11.6 Å². The molecule has 4 aromatic rings. The second kappa shape index (κ2) is 8.18. The van der Waals surface area contributed by atoms with Crippen LogP contribution in [0.25, 0.3) is 11.3 Å². The fourth-order valence-corrected chi connectivity index (χ4v) is 3.36. The van der Waals surface area contributed by atoms with Gasteiger partial charge < -0.3 is 5.32 Å². The van der Waals surface area contributed by atoms with E-state index in [9.17, 15) is 9.18 Å². The number of hydrogen-bond donors (Lipinski definition) is 2. The molecule has 2 aromatic heterocycles. The molecule has 2 heterocycles. The minimum Gasteiger partial charge on any atom is -0.303 e. The first kappa shape index (κ1) is 19.4. The lowest BCUT2D eigenvalue weighted by Crippen LogP contribution is -2.13. The fourth-order valence-electron chi connectivity index (χ4n) is 2.75. The van der Waals surface area contributed by atoms with E-state index in [2.05, 4.69) is 36.5 Å². The van der Waals surface area contributed by atoms with Crippen LogP contribution in [-0.4, -0.2) is 25.9 Å². The van der Waals surface area contributed by atoms with Gasteiger partial charge in [0.2, 0.25) is 0 Å². The van der Waals surface area contributed by atoms with Crippen LogP contribution in [0.1, 0.15) is 16.1 Å². The lowest BCUT2D eigenvalue weighted by Gasteiger charge is -2.04. The largest absolute Gasteiger partial charge is 0.303 e. The van der Waals surface area contributed by atoms with Crippen LogP contribution in [0.4, 0.5) is 10.2 Å². The Bertz CT molecular complexity index is 1170. The molecule has 0 saturated carbocycles. The lowest BCUT2D eigenvalue weighted by atomic mass is 10.1. The molecular weight excluding hydrogens is 461 g/mol. The van der Waals surface area contributed by atoms with Crippen molar-refractivity contribution in [1.29, 1.82) is 0 Å². The number of aromatic amines is 1. The SMILES string of the molecule is O=C(Nc1nn(Cc2ccccc2Cl)cc1Br)c1cc(-c2ccc(F)cc2)n[nH]1. The second-order valence-corrected chi connectivity index (χ2v) is 7.50. The van der Waals surface area contributed by atoms with Crippen molar-refractivity contribution in [3.05, 3.63) is 87.4 Å². The van der Waals surface area contributed by atoms with Gasteiger partial charge in [0.1, 0.15) is 11.5 Å². The zero-order chi connectivity index (χ0) is 20.4. The van der Waals surface area contributed by atoms with Gasteiger partial charge in [-0.15, -0.1) is 0 Å². The molecule has 0 aliphatic heterocycles. The number of anilines is 1. The summed E-state index contributed by atoms with van der Waals surface area (Å²) in [5.41, 5.74) is 2.42. The molecule has 0 aliphatic carbocycles. The molecule has 0 spiro atoms. The number of rotatable bonds is 5. The van der Waals surface area contributed by atoms with Crippen LogP contribution >= 0.6 is 27.5 Å². The molecule has 2 aromatic carbocycles. The third kappa shape index (κ3) is 4.38. The predicted molar refractivity (Wildman–Crippen MR) is 112 cm³/mol. The van der Waals surface area contributed by atoms with Gasteiger partial charge in [0, 0.05) is 16.8 Å². The summed E-state index contributed by atoms with van der Waals surface area (Å²) in [6.45, 7) is 0.465. The average molecular weight is 475 g/mol. The highest BCUT2D eigenvalue weighted by Gasteiger charge is 2.15. The maximum Gasteiger partial charge on any atom is 0.274 e. The number of carbonyl (C=O) groups is 1.